The second-order valence-corrected chi connectivity index (χ2v) is 6.93. The first-order valence-electron chi connectivity index (χ1n) is 6.14. The smallest absolute Gasteiger partial charge is 0.0314 e. The van der Waals surface area contributed by atoms with Crippen LogP contribution in [0.4, 0.5) is 0 Å². The van der Waals surface area contributed by atoms with E-state index in [1.165, 1.54) is 35.0 Å². The zero-order valence-corrected chi connectivity index (χ0v) is 12.2. The van der Waals surface area contributed by atoms with Crippen LogP contribution in [-0.2, 0) is 6.42 Å². The van der Waals surface area contributed by atoms with Crippen LogP contribution in [0, 0.1) is 11.8 Å². The maximum absolute atomic E-state index is 6.34. The van der Waals surface area contributed by atoms with Crippen LogP contribution in [0.25, 0.3) is 0 Å². The van der Waals surface area contributed by atoms with Crippen molar-refractivity contribution in [2.75, 3.05) is 0 Å². The highest BCUT2D eigenvalue weighted by Crippen LogP contribution is 2.32. The van der Waals surface area contributed by atoms with Gasteiger partial charge in [-0.3, -0.25) is 0 Å². The molecule has 0 amide bonds. The van der Waals surface area contributed by atoms with Gasteiger partial charge in [0.15, 0.2) is 0 Å². The van der Waals surface area contributed by atoms with E-state index in [9.17, 15) is 0 Å². The summed E-state index contributed by atoms with van der Waals surface area (Å²) in [5.41, 5.74) is 6.34. The van der Waals surface area contributed by atoms with Crippen LogP contribution in [0.1, 0.15) is 37.5 Å². The highest BCUT2D eigenvalue weighted by atomic mass is 79.9. The molecular weight excluding hydrogens is 282 g/mol. The summed E-state index contributed by atoms with van der Waals surface area (Å²) in [6.45, 7) is 2.36. The van der Waals surface area contributed by atoms with Crippen molar-refractivity contribution >= 4 is 27.3 Å². The van der Waals surface area contributed by atoms with E-state index in [-0.39, 0.29) is 0 Å². The Kier molecular flexibility index (Phi) is 4.45. The Morgan fingerprint density at radius 3 is 2.69 bits per heavy atom. The van der Waals surface area contributed by atoms with Crippen LogP contribution in [-0.4, -0.2) is 6.04 Å². The summed E-state index contributed by atoms with van der Waals surface area (Å²) in [4.78, 5) is 1.41. The van der Waals surface area contributed by atoms with Crippen LogP contribution in [0.15, 0.2) is 15.9 Å². The summed E-state index contributed by atoms with van der Waals surface area (Å²) in [5.74, 6) is 1.65. The normalized spacial score (nSPS) is 27.9. The Balaban J connectivity index is 1.88. The molecule has 2 rings (SSSR count). The SMILES string of the molecule is CC1CCC(C(N)Cc2sccc2Br)CC1. The van der Waals surface area contributed by atoms with Crippen molar-refractivity contribution in [3.8, 4) is 0 Å². The molecule has 2 N–H and O–H groups in total. The summed E-state index contributed by atoms with van der Waals surface area (Å²) in [7, 11) is 0. The van der Waals surface area contributed by atoms with Crippen molar-refractivity contribution in [3.63, 3.8) is 0 Å². The summed E-state index contributed by atoms with van der Waals surface area (Å²) in [5, 5.41) is 2.13. The van der Waals surface area contributed by atoms with E-state index in [1.54, 1.807) is 0 Å². The average Bonchev–Trinajstić information content (AvgIpc) is 2.65. The van der Waals surface area contributed by atoms with Gasteiger partial charge >= 0.3 is 0 Å². The minimum absolute atomic E-state index is 0.349. The molecule has 0 spiro atoms. The van der Waals surface area contributed by atoms with Crippen LogP contribution in [0.3, 0.4) is 0 Å². The minimum Gasteiger partial charge on any atom is -0.327 e. The molecule has 3 heteroatoms. The lowest BCUT2D eigenvalue weighted by Crippen LogP contribution is -2.34. The van der Waals surface area contributed by atoms with Crippen molar-refractivity contribution < 1.29 is 0 Å². The fourth-order valence-corrected chi connectivity index (χ4v) is 4.15. The number of halogens is 1. The van der Waals surface area contributed by atoms with E-state index in [0.29, 0.717) is 6.04 Å². The lowest BCUT2D eigenvalue weighted by atomic mass is 9.78. The van der Waals surface area contributed by atoms with Crippen molar-refractivity contribution in [1.29, 1.82) is 0 Å². The van der Waals surface area contributed by atoms with E-state index in [2.05, 4.69) is 34.3 Å². The molecule has 1 aliphatic rings. The van der Waals surface area contributed by atoms with E-state index in [4.69, 9.17) is 5.73 Å². The molecular formula is C13H20BrNS. The Morgan fingerprint density at radius 1 is 1.44 bits per heavy atom. The lowest BCUT2D eigenvalue weighted by molar-refractivity contribution is 0.254. The molecule has 1 aromatic heterocycles. The molecule has 1 aliphatic carbocycles. The summed E-state index contributed by atoms with van der Waals surface area (Å²) in [6.07, 6.45) is 6.42. The predicted molar refractivity (Wildman–Crippen MR) is 74.8 cm³/mol. The zero-order valence-electron chi connectivity index (χ0n) is 9.79. The van der Waals surface area contributed by atoms with E-state index in [0.717, 1.165) is 18.3 Å². The molecule has 1 heterocycles. The van der Waals surface area contributed by atoms with Crippen molar-refractivity contribution in [3.05, 3.63) is 20.8 Å². The zero-order chi connectivity index (χ0) is 11.5. The molecule has 90 valence electrons. The second-order valence-electron chi connectivity index (χ2n) is 5.08. The third-order valence-corrected chi connectivity index (χ3v) is 5.73. The Morgan fingerprint density at radius 2 is 2.12 bits per heavy atom. The highest BCUT2D eigenvalue weighted by molar-refractivity contribution is 9.10. The van der Waals surface area contributed by atoms with Gasteiger partial charge in [-0.05, 0) is 58.5 Å². The fourth-order valence-electron chi connectivity index (χ4n) is 2.57. The molecule has 1 fully saturated rings. The van der Waals surface area contributed by atoms with Gasteiger partial charge in [0.2, 0.25) is 0 Å². The van der Waals surface area contributed by atoms with Gasteiger partial charge < -0.3 is 5.73 Å². The summed E-state index contributed by atoms with van der Waals surface area (Å²) >= 11 is 5.40. The molecule has 1 atom stereocenters. The number of hydrogen-bond donors (Lipinski definition) is 1. The van der Waals surface area contributed by atoms with Crippen molar-refractivity contribution in [2.24, 2.45) is 17.6 Å². The Labute approximate surface area is 111 Å². The molecule has 1 nitrogen and oxygen atoms in total. The average molecular weight is 302 g/mol. The van der Waals surface area contributed by atoms with Crippen LogP contribution in [0.2, 0.25) is 0 Å². The van der Waals surface area contributed by atoms with Gasteiger partial charge in [0.05, 0.1) is 0 Å². The quantitative estimate of drug-likeness (QED) is 0.889. The summed E-state index contributed by atoms with van der Waals surface area (Å²) in [6, 6.07) is 2.47. The van der Waals surface area contributed by atoms with Crippen LogP contribution in [0.5, 0.6) is 0 Å². The van der Waals surface area contributed by atoms with E-state index >= 15 is 0 Å². The Bertz CT molecular complexity index is 328. The molecule has 0 aliphatic heterocycles. The third-order valence-electron chi connectivity index (χ3n) is 3.78. The Hall–Kier alpha value is 0.140. The van der Waals surface area contributed by atoms with Gasteiger partial charge in [-0.25, -0.2) is 0 Å². The van der Waals surface area contributed by atoms with Gasteiger partial charge in [0.1, 0.15) is 0 Å². The standard InChI is InChI=1S/C13H20BrNS/c1-9-2-4-10(5-3-9)12(15)8-13-11(14)6-7-16-13/h6-7,9-10,12H,2-5,8,15H2,1H3. The highest BCUT2D eigenvalue weighted by Gasteiger charge is 2.24. The summed E-state index contributed by atoms with van der Waals surface area (Å²) < 4.78 is 1.23. The molecule has 0 aromatic carbocycles. The first-order valence-corrected chi connectivity index (χ1v) is 7.81. The van der Waals surface area contributed by atoms with Crippen molar-refractivity contribution in [1.82, 2.24) is 0 Å². The maximum Gasteiger partial charge on any atom is 0.0314 e. The largest absolute Gasteiger partial charge is 0.327 e. The van der Waals surface area contributed by atoms with Gasteiger partial charge in [-0.1, -0.05) is 19.8 Å². The molecule has 0 radical (unpaired) electrons. The fraction of sp³-hybridized carbons (Fsp3) is 0.692. The number of rotatable bonds is 3. The third kappa shape index (κ3) is 3.08. The van der Waals surface area contributed by atoms with E-state index < -0.39 is 0 Å². The topological polar surface area (TPSA) is 26.0 Å². The van der Waals surface area contributed by atoms with E-state index in [1.807, 2.05) is 11.3 Å². The van der Waals surface area contributed by atoms with Crippen LogP contribution < -0.4 is 5.73 Å². The number of nitrogens with two attached hydrogens (primary N) is 1. The first-order chi connectivity index (χ1) is 7.66. The number of thiophene rings is 1. The first kappa shape index (κ1) is 12.6. The minimum atomic E-state index is 0.349. The maximum atomic E-state index is 6.34. The molecule has 1 saturated carbocycles. The molecule has 0 bridgehead atoms. The van der Waals surface area contributed by atoms with Crippen LogP contribution >= 0.6 is 27.3 Å². The molecule has 1 aromatic rings. The number of hydrogen-bond acceptors (Lipinski definition) is 2. The molecule has 1 unspecified atom stereocenters. The molecule has 0 saturated heterocycles. The monoisotopic (exact) mass is 301 g/mol. The molecule has 16 heavy (non-hydrogen) atoms. The van der Waals surface area contributed by atoms with Gasteiger partial charge in [0.25, 0.3) is 0 Å². The van der Waals surface area contributed by atoms with Gasteiger partial charge in [-0.15, -0.1) is 11.3 Å². The second kappa shape index (κ2) is 5.65. The lowest BCUT2D eigenvalue weighted by Gasteiger charge is -2.30. The van der Waals surface area contributed by atoms with Gasteiger partial charge in [-0.2, -0.15) is 0 Å². The predicted octanol–water partition coefficient (Wildman–Crippen LogP) is 4.21. The van der Waals surface area contributed by atoms with Crippen molar-refractivity contribution in [2.45, 2.75) is 45.1 Å². The van der Waals surface area contributed by atoms with Gasteiger partial charge in [0, 0.05) is 15.4 Å².